The van der Waals surface area contributed by atoms with E-state index in [1.54, 1.807) is 30.5 Å². The molecule has 0 aliphatic carbocycles. The highest BCUT2D eigenvalue weighted by atomic mass is 35.5. The van der Waals surface area contributed by atoms with Gasteiger partial charge < -0.3 is 19.7 Å². The Balaban J connectivity index is 1.70. The van der Waals surface area contributed by atoms with Gasteiger partial charge in [-0.25, -0.2) is 0 Å². The number of halogens is 2. The molecule has 0 saturated heterocycles. The largest absolute Gasteiger partial charge is 0.489 e. The highest BCUT2D eigenvalue weighted by Crippen LogP contribution is 2.27. The SMILES string of the molecule is OC(CNCc1ccno1)COc1ccc(Cl)cc1Cl. The van der Waals surface area contributed by atoms with E-state index in [1.807, 2.05) is 0 Å². The van der Waals surface area contributed by atoms with Crippen LogP contribution in [0.1, 0.15) is 5.76 Å². The number of aromatic nitrogens is 1. The number of nitrogens with zero attached hydrogens (tertiary/aromatic N) is 1. The number of aliphatic hydroxyl groups is 1. The average Bonchev–Trinajstić information content (AvgIpc) is 2.91. The molecule has 1 unspecified atom stereocenters. The van der Waals surface area contributed by atoms with E-state index in [0.29, 0.717) is 34.6 Å². The van der Waals surface area contributed by atoms with Gasteiger partial charge in [0.2, 0.25) is 0 Å². The third-order valence-electron chi connectivity index (χ3n) is 2.50. The van der Waals surface area contributed by atoms with E-state index in [4.69, 9.17) is 32.5 Å². The summed E-state index contributed by atoms with van der Waals surface area (Å²) in [4.78, 5) is 0. The van der Waals surface area contributed by atoms with Gasteiger partial charge in [-0.3, -0.25) is 0 Å². The molecule has 1 aromatic carbocycles. The fourth-order valence-corrected chi connectivity index (χ4v) is 2.00. The first-order valence-electron chi connectivity index (χ1n) is 6.01. The van der Waals surface area contributed by atoms with Crippen LogP contribution in [0, 0.1) is 0 Å². The maximum absolute atomic E-state index is 9.78. The van der Waals surface area contributed by atoms with Crippen LogP contribution in [0.4, 0.5) is 0 Å². The highest BCUT2D eigenvalue weighted by molar-refractivity contribution is 6.35. The first-order chi connectivity index (χ1) is 9.65. The van der Waals surface area contributed by atoms with E-state index >= 15 is 0 Å². The van der Waals surface area contributed by atoms with Crippen LogP contribution in [0.5, 0.6) is 5.75 Å². The maximum atomic E-state index is 9.78. The number of rotatable bonds is 7. The van der Waals surface area contributed by atoms with Gasteiger partial charge in [0.15, 0.2) is 0 Å². The summed E-state index contributed by atoms with van der Waals surface area (Å²) in [5, 5.41) is 17.4. The van der Waals surface area contributed by atoms with Crippen molar-refractivity contribution >= 4 is 23.2 Å². The average molecular weight is 317 g/mol. The molecular weight excluding hydrogens is 303 g/mol. The van der Waals surface area contributed by atoms with Crippen molar-refractivity contribution in [1.29, 1.82) is 0 Å². The van der Waals surface area contributed by atoms with E-state index in [1.165, 1.54) is 0 Å². The maximum Gasteiger partial charge on any atom is 0.150 e. The molecule has 0 saturated carbocycles. The molecule has 2 rings (SSSR count). The zero-order valence-electron chi connectivity index (χ0n) is 10.6. The second-order valence-corrected chi connectivity index (χ2v) is 4.99. The Hall–Kier alpha value is -1.27. The number of hydrogen-bond acceptors (Lipinski definition) is 5. The van der Waals surface area contributed by atoms with E-state index in [-0.39, 0.29) is 6.61 Å². The Morgan fingerprint density at radius 2 is 2.20 bits per heavy atom. The standard InChI is InChI=1S/C13H14Cl2N2O3/c14-9-1-2-13(12(15)5-9)19-8-10(18)6-16-7-11-3-4-17-20-11/h1-5,10,16,18H,6-8H2. The predicted molar refractivity (Wildman–Crippen MR) is 76.2 cm³/mol. The summed E-state index contributed by atoms with van der Waals surface area (Å²) < 4.78 is 10.3. The molecular formula is C13H14Cl2N2O3. The smallest absolute Gasteiger partial charge is 0.150 e. The van der Waals surface area contributed by atoms with E-state index < -0.39 is 6.10 Å². The number of nitrogens with one attached hydrogen (secondary N) is 1. The Morgan fingerprint density at radius 1 is 1.35 bits per heavy atom. The number of ether oxygens (including phenoxy) is 1. The van der Waals surface area contributed by atoms with E-state index in [9.17, 15) is 5.11 Å². The summed E-state index contributed by atoms with van der Waals surface area (Å²) in [5.41, 5.74) is 0. The third kappa shape index (κ3) is 4.68. The van der Waals surface area contributed by atoms with Crippen LogP contribution < -0.4 is 10.1 Å². The van der Waals surface area contributed by atoms with Gasteiger partial charge in [0.25, 0.3) is 0 Å². The van der Waals surface area contributed by atoms with Crippen molar-refractivity contribution in [3.05, 3.63) is 46.3 Å². The summed E-state index contributed by atoms with van der Waals surface area (Å²) in [6.45, 7) is 0.995. The van der Waals surface area contributed by atoms with Crippen LogP contribution in [-0.4, -0.2) is 29.5 Å². The lowest BCUT2D eigenvalue weighted by Gasteiger charge is -2.13. The van der Waals surface area contributed by atoms with E-state index in [2.05, 4.69) is 10.5 Å². The number of aliphatic hydroxyl groups excluding tert-OH is 1. The highest BCUT2D eigenvalue weighted by Gasteiger charge is 2.08. The summed E-state index contributed by atoms with van der Waals surface area (Å²) in [7, 11) is 0. The monoisotopic (exact) mass is 316 g/mol. The lowest BCUT2D eigenvalue weighted by atomic mass is 10.3. The van der Waals surface area contributed by atoms with Crippen molar-refractivity contribution in [1.82, 2.24) is 10.5 Å². The normalized spacial score (nSPS) is 12.3. The van der Waals surface area contributed by atoms with Crippen LogP contribution in [-0.2, 0) is 6.54 Å². The minimum atomic E-state index is -0.662. The van der Waals surface area contributed by atoms with Crippen LogP contribution in [0.25, 0.3) is 0 Å². The third-order valence-corrected chi connectivity index (χ3v) is 3.03. The van der Waals surface area contributed by atoms with Crippen molar-refractivity contribution in [2.24, 2.45) is 0 Å². The summed E-state index contributed by atoms with van der Waals surface area (Å²) in [6.07, 6.45) is 0.906. The van der Waals surface area contributed by atoms with Crippen molar-refractivity contribution in [2.45, 2.75) is 12.6 Å². The molecule has 0 amide bonds. The van der Waals surface area contributed by atoms with Gasteiger partial charge >= 0.3 is 0 Å². The molecule has 1 aromatic heterocycles. The Bertz CT molecular complexity index is 534. The molecule has 1 heterocycles. The van der Waals surface area contributed by atoms with Gasteiger partial charge in [0.1, 0.15) is 24.2 Å². The topological polar surface area (TPSA) is 67.5 Å². The molecule has 0 fully saturated rings. The number of hydrogen-bond donors (Lipinski definition) is 2. The van der Waals surface area contributed by atoms with Crippen molar-refractivity contribution in [3.8, 4) is 5.75 Å². The Kier molecular flexibility index (Phi) is 5.67. The first kappa shape index (κ1) is 15.1. The van der Waals surface area contributed by atoms with Gasteiger partial charge in [-0.1, -0.05) is 28.4 Å². The van der Waals surface area contributed by atoms with E-state index in [0.717, 1.165) is 0 Å². The first-order valence-corrected chi connectivity index (χ1v) is 6.77. The second kappa shape index (κ2) is 7.50. The molecule has 1 atom stereocenters. The lowest BCUT2D eigenvalue weighted by Crippen LogP contribution is -2.31. The zero-order chi connectivity index (χ0) is 14.4. The van der Waals surface area contributed by atoms with Gasteiger partial charge in [0.05, 0.1) is 17.8 Å². The summed E-state index contributed by atoms with van der Waals surface area (Å²) in [5.74, 6) is 1.20. The van der Waals surface area contributed by atoms with Crippen LogP contribution in [0.15, 0.2) is 35.0 Å². The molecule has 2 N–H and O–H groups in total. The minimum absolute atomic E-state index is 0.130. The molecule has 5 nitrogen and oxygen atoms in total. The van der Waals surface area contributed by atoms with Gasteiger partial charge in [-0.2, -0.15) is 0 Å². The van der Waals surface area contributed by atoms with Gasteiger partial charge in [-0.15, -0.1) is 0 Å². The molecule has 20 heavy (non-hydrogen) atoms. The van der Waals surface area contributed by atoms with Crippen LogP contribution >= 0.6 is 23.2 Å². The molecule has 0 bridgehead atoms. The van der Waals surface area contributed by atoms with Gasteiger partial charge in [0, 0.05) is 17.6 Å². The second-order valence-electron chi connectivity index (χ2n) is 4.15. The van der Waals surface area contributed by atoms with Crippen molar-refractivity contribution in [2.75, 3.05) is 13.2 Å². The minimum Gasteiger partial charge on any atom is -0.489 e. The van der Waals surface area contributed by atoms with Crippen LogP contribution in [0.3, 0.4) is 0 Å². The van der Waals surface area contributed by atoms with Crippen LogP contribution in [0.2, 0.25) is 10.0 Å². The fourth-order valence-electron chi connectivity index (χ4n) is 1.53. The van der Waals surface area contributed by atoms with Crippen molar-refractivity contribution < 1.29 is 14.4 Å². The summed E-state index contributed by atoms with van der Waals surface area (Å²) in [6, 6.07) is 6.69. The predicted octanol–water partition coefficient (Wildman–Crippen LogP) is 2.51. The quantitative estimate of drug-likeness (QED) is 0.821. The molecule has 0 aliphatic heterocycles. The summed E-state index contributed by atoms with van der Waals surface area (Å²) >= 11 is 11.7. The van der Waals surface area contributed by atoms with Crippen molar-refractivity contribution in [3.63, 3.8) is 0 Å². The fraction of sp³-hybridized carbons (Fsp3) is 0.308. The molecule has 7 heteroatoms. The molecule has 0 aliphatic rings. The Morgan fingerprint density at radius 3 is 2.90 bits per heavy atom. The zero-order valence-corrected chi connectivity index (χ0v) is 12.1. The number of benzene rings is 1. The van der Waals surface area contributed by atoms with Gasteiger partial charge in [-0.05, 0) is 18.2 Å². The Labute approximate surface area is 126 Å². The molecule has 0 radical (unpaired) electrons. The lowest BCUT2D eigenvalue weighted by molar-refractivity contribution is 0.105. The molecule has 0 spiro atoms. The molecule has 2 aromatic rings. The molecule has 108 valence electrons.